The average molecular weight is 445 g/mol. The van der Waals surface area contributed by atoms with E-state index in [1.54, 1.807) is 24.3 Å². The zero-order chi connectivity index (χ0) is 16.6. The van der Waals surface area contributed by atoms with Gasteiger partial charge in [-0.05, 0) is 48.0 Å². The van der Waals surface area contributed by atoms with Gasteiger partial charge in [0.25, 0.3) is 5.91 Å². The molecule has 0 radical (unpaired) electrons. The van der Waals surface area contributed by atoms with Gasteiger partial charge in [-0.15, -0.1) is 0 Å². The van der Waals surface area contributed by atoms with E-state index >= 15 is 0 Å². The van der Waals surface area contributed by atoms with Crippen LogP contribution < -0.4 is 4.90 Å². The smallest absolute Gasteiger partial charge is 0.268 e. The highest BCUT2D eigenvalue weighted by atomic mass is 79.9. The van der Waals surface area contributed by atoms with Gasteiger partial charge in [0.1, 0.15) is 0 Å². The molecule has 1 amide bonds. The number of rotatable bonds is 2. The van der Waals surface area contributed by atoms with Gasteiger partial charge < -0.3 is 0 Å². The van der Waals surface area contributed by atoms with Crippen molar-refractivity contribution in [3.63, 3.8) is 0 Å². The molecule has 116 valence electrons. The third-order valence-corrected chi connectivity index (χ3v) is 5.52. The normalized spacial score (nSPS) is 16.5. The first-order valence-corrected chi connectivity index (χ1v) is 9.21. The Morgan fingerprint density at radius 3 is 2.48 bits per heavy atom. The maximum absolute atomic E-state index is 12.7. The van der Waals surface area contributed by atoms with Crippen molar-refractivity contribution in [2.75, 3.05) is 4.90 Å². The van der Waals surface area contributed by atoms with Crippen LogP contribution in [0, 0.1) is 0 Å². The van der Waals surface area contributed by atoms with E-state index in [0.29, 0.717) is 19.3 Å². The third kappa shape index (κ3) is 3.64. The summed E-state index contributed by atoms with van der Waals surface area (Å²) in [7, 11) is 0. The van der Waals surface area contributed by atoms with Crippen LogP contribution in [0.5, 0.6) is 0 Å². The van der Waals surface area contributed by atoms with Crippen LogP contribution in [0.3, 0.4) is 0 Å². The van der Waals surface area contributed by atoms with Crippen molar-refractivity contribution in [1.82, 2.24) is 0 Å². The van der Waals surface area contributed by atoms with Gasteiger partial charge in [0.2, 0.25) is 0 Å². The standard InChI is InChI=1S/C16H8BrCl2NOS2/c17-10-2-5-12(6-3-10)20-15(21)14(23-16(20)22)7-9-1-4-11(18)8-13(9)19/h1-8H/b14-7-. The van der Waals surface area contributed by atoms with Crippen molar-refractivity contribution in [3.05, 3.63) is 67.5 Å². The van der Waals surface area contributed by atoms with Crippen molar-refractivity contribution < 1.29 is 4.79 Å². The van der Waals surface area contributed by atoms with Gasteiger partial charge >= 0.3 is 0 Å². The van der Waals surface area contributed by atoms with E-state index in [4.69, 9.17) is 35.4 Å². The molecule has 1 aliphatic heterocycles. The van der Waals surface area contributed by atoms with Crippen molar-refractivity contribution >= 4 is 85.1 Å². The van der Waals surface area contributed by atoms with E-state index in [1.165, 1.54) is 16.7 Å². The molecule has 0 bridgehead atoms. The topological polar surface area (TPSA) is 20.3 Å². The van der Waals surface area contributed by atoms with E-state index in [1.807, 2.05) is 24.3 Å². The van der Waals surface area contributed by atoms with Gasteiger partial charge in [-0.3, -0.25) is 9.69 Å². The summed E-state index contributed by atoms with van der Waals surface area (Å²) < 4.78 is 1.43. The number of hydrogen-bond acceptors (Lipinski definition) is 3. The molecule has 0 atom stereocenters. The Labute approximate surface area is 161 Å². The largest absolute Gasteiger partial charge is 0.270 e. The second kappa shape index (κ2) is 6.95. The summed E-state index contributed by atoms with van der Waals surface area (Å²) in [5.74, 6) is -0.159. The van der Waals surface area contributed by atoms with Crippen LogP contribution in [-0.2, 0) is 4.79 Å². The molecule has 1 aliphatic rings. The van der Waals surface area contributed by atoms with E-state index in [2.05, 4.69) is 15.9 Å². The molecule has 0 saturated carbocycles. The lowest BCUT2D eigenvalue weighted by atomic mass is 10.2. The second-order valence-corrected chi connectivity index (χ2v) is 8.09. The number of halogens is 3. The fourth-order valence-electron chi connectivity index (χ4n) is 2.04. The molecule has 1 heterocycles. The van der Waals surface area contributed by atoms with Crippen LogP contribution >= 0.6 is 63.1 Å². The number of hydrogen-bond donors (Lipinski definition) is 0. The second-order valence-electron chi connectivity index (χ2n) is 4.66. The third-order valence-electron chi connectivity index (χ3n) is 3.13. The molecule has 7 heteroatoms. The Hall–Kier alpha value is -0.850. The number of thiocarbonyl (C=S) groups is 1. The summed E-state index contributed by atoms with van der Waals surface area (Å²) in [6.45, 7) is 0. The number of benzene rings is 2. The van der Waals surface area contributed by atoms with E-state index < -0.39 is 0 Å². The first-order chi connectivity index (χ1) is 11.0. The van der Waals surface area contributed by atoms with Crippen molar-refractivity contribution in [2.24, 2.45) is 0 Å². The quantitative estimate of drug-likeness (QED) is 0.408. The van der Waals surface area contributed by atoms with Crippen molar-refractivity contribution in [3.8, 4) is 0 Å². The maximum Gasteiger partial charge on any atom is 0.270 e. The maximum atomic E-state index is 12.7. The number of amides is 1. The summed E-state index contributed by atoms with van der Waals surface area (Å²) in [4.78, 5) is 14.7. The molecule has 0 unspecified atom stereocenters. The van der Waals surface area contributed by atoms with E-state index in [9.17, 15) is 4.79 Å². The summed E-state index contributed by atoms with van der Waals surface area (Å²) in [5, 5.41) is 1.04. The van der Waals surface area contributed by atoms with E-state index in [-0.39, 0.29) is 5.91 Å². The molecule has 2 aromatic carbocycles. The molecule has 0 aromatic heterocycles. The van der Waals surface area contributed by atoms with Gasteiger partial charge in [-0.25, -0.2) is 0 Å². The number of carbonyl (C=O) groups excluding carboxylic acids is 1. The molecular weight excluding hydrogens is 437 g/mol. The minimum absolute atomic E-state index is 0.159. The Morgan fingerprint density at radius 1 is 1.13 bits per heavy atom. The SMILES string of the molecule is O=C1/C(=C/c2ccc(Cl)cc2Cl)SC(=S)N1c1ccc(Br)cc1. The lowest BCUT2D eigenvalue weighted by molar-refractivity contribution is -0.113. The summed E-state index contributed by atoms with van der Waals surface area (Å²) in [6, 6.07) is 12.6. The Morgan fingerprint density at radius 2 is 1.83 bits per heavy atom. The highest BCUT2D eigenvalue weighted by Crippen LogP contribution is 2.37. The van der Waals surface area contributed by atoms with Gasteiger partial charge in [0.05, 0.1) is 10.6 Å². The van der Waals surface area contributed by atoms with Crippen LogP contribution in [0.1, 0.15) is 5.56 Å². The number of carbonyl (C=O) groups is 1. The van der Waals surface area contributed by atoms with Crippen LogP contribution in [0.15, 0.2) is 51.8 Å². The molecule has 3 rings (SSSR count). The molecule has 2 aromatic rings. The van der Waals surface area contributed by atoms with Crippen LogP contribution in [-0.4, -0.2) is 10.2 Å². The highest BCUT2D eigenvalue weighted by molar-refractivity contribution is 9.10. The zero-order valence-electron chi connectivity index (χ0n) is 11.4. The highest BCUT2D eigenvalue weighted by Gasteiger charge is 2.33. The average Bonchev–Trinajstić information content (AvgIpc) is 2.78. The number of thioether (sulfide) groups is 1. The zero-order valence-corrected chi connectivity index (χ0v) is 16.2. The predicted octanol–water partition coefficient (Wildman–Crippen LogP) is 6.16. The molecular formula is C16H8BrCl2NOS2. The van der Waals surface area contributed by atoms with Crippen molar-refractivity contribution in [1.29, 1.82) is 0 Å². The summed E-state index contributed by atoms with van der Waals surface area (Å²) in [5.41, 5.74) is 1.47. The summed E-state index contributed by atoms with van der Waals surface area (Å²) >= 11 is 22.0. The van der Waals surface area contributed by atoms with Crippen LogP contribution in [0.4, 0.5) is 5.69 Å². The van der Waals surface area contributed by atoms with Gasteiger partial charge in [0.15, 0.2) is 4.32 Å². The first kappa shape index (κ1) is 17.0. The van der Waals surface area contributed by atoms with E-state index in [0.717, 1.165) is 15.7 Å². The Balaban J connectivity index is 1.94. The molecule has 23 heavy (non-hydrogen) atoms. The molecule has 1 fully saturated rings. The summed E-state index contributed by atoms with van der Waals surface area (Å²) in [6.07, 6.45) is 1.73. The fraction of sp³-hybridized carbons (Fsp3) is 0. The van der Waals surface area contributed by atoms with Crippen molar-refractivity contribution in [2.45, 2.75) is 0 Å². The lowest BCUT2D eigenvalue weighted by Crippen LogP contribution is -2.27. The molecule has 0 spiro atoms. The monoisotopic (exact) mass is 443 g/mol. The Kier molecular flexibility index (Phi) is 5.13. The van der Waals surface area contributed by atoms with Crippen LogP contribution in [0.2, 0.25) is 10.0 Å². The van der Waals surface area contributed by atoms with Gasteiger partial charge in [0, 0.05) is 14.5 Å². The predicted molar refractivity (Wildman–Crippen MR) is 106 cm³/mol. The number of nitrogens with zero attached hydrogens (tertiary/aromatic N) is 1. The number of anilines is 1. The molecule has 2 nitrogen and oxygen atoms in total. The molecule has 1 saturated heterocycles. The molecule has 0 aliphatic carbocycles. The van der Waals surface area contributed by atoms with Gasteiger partial charge in [-0.2, -0.15) is 0 Å². The minimum Gasteiger partial charge on any atom is -0.268 e. The van der Waals surface area contributed by atoms with Crippen LogP contribution in [0.25, 0.3) is 6.08 Å². The first-order valence-electron chi connectivity index (χ1n) is 6.44. The lowest BCUT2D eigenvalue weighted by Gasteiger charge is -2.14. The Bertz CT molecular complexity index is 836. The minimum atomic E-state index is -0.159. The fourth-order valence-corrected chi connectivity index (χ4v) is 4.06. The van der Waals surface area contributed by atoms with Gasteiger partial charge in [-0.1, -0.05) is 69.2 Å². The molecule has 0 N–H and O–H groups in total.